The Morgan fingerprint density at radius 2 is 2.05 bits per heavy atom. The van der Waals surface area contributed by atoms with Crippen LogP contribution in [-0.4, -0.2) is 32.8 Å². The Bertz CT molecular complexity index is 480. The van der Waals surface area contributed by atoms with Gasteiger partial charge in [0.15, 0.2) is 0 Å². The number of nitrogens with zero attached hydrogens (tertiary/aromatic N) is 4. The summed E-state index contributed by atoms with van der Waals surface area (Å²) in [5.41, 5.74) is 6.90. The van der Waals surface area contributed by atoms with Crippen molar-refractivity contribution in [1.82, 2.24) is 19.7 Å². The normalized spacial score (nSPS) is 11.1. The topological polar surface area (TPSA) is 60.0 Å². The maximum atomic E-state index is 5.59. The standard InChI is InChI=1S/C14H21N5/c1-2-18(12-13-4-7-16-8-5-13)9-3-10-19-11-6-14(15)17-19/h4-8,11H,2-3,9-10,12H2,1H3,(H2,15,17). The van der Waals surface area contributed by atoms with Crippen molar-refractivity contribution in [2.45, 2.75) is 26.4 Å². The molecule has 0 bridgehead atoms. The smallest absolute Gasteiger partial charge is 0.145 e. The van der Waals surface area contributed by atoms with Gasteiger partial charge in [-0.2, -0.15) is 5.10 Å². The lowest BCUT2D eigenvalue weighted by Crippen LogP contribution is -2.25. The highest BCUT2D eigenvalue weighted by Crippen LogP contribution is 2.04. The number of pyridine rings is 1. The molecule has 2 rings (SSSR count). The summed E-state index contributed by atoms with van der Waals surface area (Å²) >= 11 is 0. The minimum absolute atomic E-state index is 0.587. The molecule has 102 valence electrons. The molecule has 0 spiro atoms. The van der Waals surface area contributed by atoms with Crippen molar-refractivity contribution < 1.29 is 0 Å². The zero-order valence-electron chi connectivity index (χ0n) is 11.4. The van der Waals surface area contributed by atoms with Crippen LogP contribution < -0.4 is 5.73 Å². The van der Waals surface area contributed by atoms with Crippen LogP contribution in [0.3, 0.4) is 0 Å². The Labute approximate surface area is 114 Å². The first-order valence-corrected chi connectivity index (χ1v) is 6.68. The van der Waals surface area contributed by atoms with Gasteiger partial charge in [0.25, 0.3) is 0 Å². The van der Waals surface area contributed by atoms with Gasteiger partial charge in [-0.15, -0.1) is 0 Å². The van der Waals surface area contributed by atoms with E-state index in [1.165, 1.54) is 5.56 Å². The molecular weight excluding hydrogens is 238 g/mol. The second-order valence-corrected chi connectivity index (χ2v) is 4.58. The summed E-state index contributed by atoms with van der Waals surface area (Å²) in [7, 11) is 0. The lowest BCUT2D eigenvalue weighted by atomic mass is 10.2. The zero-order chi connectivity index (χ0) is 13.5. The largest absolute Gasteiger partial charge is 0.382 e. The minimum atomic E-state index is 0.587. The number of hydrogen-bond acceptors (Lipinski definition) is 4. The molecule has 0 atom stereocenters. The van der Waals surface area contributed by atoms with Crippen LogP contribution in [0.1, 0.15) is 18.9 Å². The van der Waals surface area contributed by atoms with Gasteiger partial charge in [-0.1, -0.05) is 6.92 Å². The van der Waals surface area contributed by atoms with E-state index in [1.807, 2.05) is 29.3 Å². The third kappa shape index (κ3) is 4.37. The molecular formula is C14H21N5. The molecule has 0 radical (unpaired) electrons. The molecule has 0 amide bonds. The van der Waals surface area contributed by atoms with Crippen LogP contribution in [-0.2, 0) is 13.1 Å². The fourth-order valence-electron chi connectivity index (χ4n) is 2.05. The molecule has 2 heterocycles. The summed E-state index contributed by atoms with van der Waals surface area (Å²) < 4.78 is 1.90. The molecule has 0 unspecified atom stereocenters. The van der Waals surface area contributed by atoms with Gasteiger partial charge in [-0.3, -0.25) is 14.6 Å². The van der Waals surface area contributed by atoms with Gasteiger partial charge in [0.05, 0.1) is 0 Å². The van der Waals surface area contributed by atoms with Gasteiger partial charge in [-0.05, 0) is 36.7 Å². The SMILES string of the molecule is CCN(CCCn1ccc(N)n1)Cc1ccncc1. The summed E-state index contributed by atoms with van der Waals surface area (Å²) in [5.74, 6) is 0.587. The van der Waals surface area contributed by atoms with Gasteiger partial charge in [0, 0.05) is 38.2 Å². The summed E-state index contributed by atoms with van der Waals surface area (Å²) in [4.78, 5) is 6.46. The van der Waals surface area contributed by atoms with Gasteiger partial charge in [0.2, 0.25) is 0 Å². The quantitative estimate of drug-likeness (QED) is 0.823. The number of aryl methyl sites for hydroxylation is 1. The molecule has 0 aliphatic rings. The lowest BCUT2D eigenvalue weighted by Gasteiger charge is -2.20. The van der Waals surface area contributed by atoms with E-state index in [-0.39, 0.29) is 0 Å². The molecule has 2 aromatic rings. The summed E-state index contributed by atoms with van der Waals surface area (Å²) in [5, 5.41) is 4.19. The van der Waals surface area contributed by atoms with E-state index in [0.29, 0.717) is 5.82 Å². The highest BCUT2D eigenvalue weighted by atomic mass is 15.3. The Balaban J connectivity index is 1.76. The van der Waals surface area contributed by atoms with Crippen LogP contribution in [0, 0.1) is 0 Å². The molecule has 0 saturated heterocycles. The fraction of sp³-hybridized carbons (Fsp3) is 0.429. The van der Waals surface area contributed by atoms with E-state index in [0.717, 1.165) is 32.6 Å². The highest BCUT2D eigenvalue weighted by molar-refractivity contribution is 5.23. The molecule has 2 aromatic heterocycles. The van der Waals surface area contributed by atoms with Gasteiger partial charge >= 0.3 is 0 Å². The van der Waals surface area contributed by atoms with Crippen LogP contribution >= 0.6 is 0 Å². The zero-order valence-corrected chi connectivity index (χ0v) is 11.4. The van der Waals surface area contributed by atoms with Crippen molar-refractivity contribution in [1.29, 1.82) is 0 Å². The number of nitrogen functional groups attached to an aromatic ring is 1. The van der Waals surface area contributed by atoms with Crippen LogP contribution in [0.2, 0.25) is 0 Å². The second-order valence-electron chi connectivity index (χ2n) is 4.58. The number of hydrogen-bond donors (Lipinski definition) is 1. The average Bonchev–Trinajstić information content (AvgIpc) is 2.84. The van der Waals surface area contributed by atoms with Crippen molar-refractivity contribution in [3.63, 3.8) is 0 Å². The third-order valence-electron chi connectivity index (χ3n) is 3.13. The summed E-state index contributed by atoms with van der Waals surface area (Å²) in [6.07, 6.45) is 6.68. The molecule has 0 saturated carbocycles. The predicted molar refractivity (Wildman–Crippen MR) is 76.4 cm³/mol. The maximum Gasteiger partial charge on any atom is 0.145 e. The van der Waals surface area contributed by atoms with Crippen molar-refractivity contribution in [2.75, 3.05) is 18.8 Å². The molecule has 2 N–H and O–H groups in total. The molecule has 5 heteroatoms. The van der Waals surface area contributed by atoms with Crippen LogP contribution in [0.5, 0.6) is 0 Å². The Hall–Kier alpha value is -1.88. The van der Waals surface area contributed by atoms with Gasteiger partial charge in [0.1, 0.15) is 5.82 Å². The molecule has 19 heavy (non-hydrogen) atoms. The average molecular weight is 259 g/mol. The fourth-order valence-corrected chi connectivity index (χ4v) is 2.05. The first-order chi connectivity index (χ1) is 9.28. The monoisotopic (exact) mass is 259 g/mol. The van der Waals surface area contributed by atoms with Crippen molar-refractivity contribution in [2.24, 2.45) is 0 Å². The van der Waals surface area contributed by atoms with E-state index >= 15 is 0 Å². The predicted octanol–water partition coefficient (Wildman–Crippen LogP) is 1.77. The van der Waals surface area contributed by atoms with E-state index in [4.69, 9.17) is 5.73 Å². The third-order valence-corrected chi connectivity index (χ3v) is 3.13. The second kappa shape index (κ2) is 6.89. The Morgan fingerprint density at radius 3 is 2.68 bits per heavy atom. The molecule has 5 nitrogen and oxygen atoms in total. The molecule has 0 fully saturated rings. The molecule has 0 aromatic carbocycles. The highest BCUT2D eigenvalue weighted by Gasteiger charge is 2.04. The van der Waals surface area contributed by atoms with E-state index in [9.17, 15) is 0 Å². The van der Waals surface area contributed by atoms with Crippen LogP contribution in [0.4, 0.5) is 5.82 Å². The van der Waals surface area contributed by atoms with Gasteiger partial charge in [-0.25, -0.2) is 0 Å². The number of aromatic nitrogens is 3. The Kier molecular flexibility index (Phi) is 4.92. The maximum absolute atomic E-state index is 5.59. The van der Waals surface area contributed by atoms with Crippen molar-refractivity contribution >= 4 is 5.82 Å². The Morgan fingerprint density at radius 1 is 1.26 bits per heavy atom. The first-order valence-electron chi connectivity index (χ1n) is 6.68. The minimum Gasteiger partial charge on any atom is -0.382 e. The lowest BCUT2D eigenvalue weighted by molar-refractivity contribution is 0.269. The van der Waals surface area contributed by atoms with Crippen LogP contribution in [0.25, 0.3) is 0 Å². The van der Waals surface area contributed by atoms with Crippen LogP contribution in [0.15, 0.2) is 36.8 Å². The number of rotatable bonds is 7. The molecule has 0 aliphatic heterocycles. The van der Waals surface area contributed by atoms with E-state index in [2.05, 4.69) is 34.0 Å². The van der Waals surface area contributed by atoms with E-state index in [1.54, 1.807) is 0 Å². The van der Waals surface area contributed by atoms with Crippen molar-refractivity contribution in [3.05, 3.63) is 42.4 Å². The summed E-state index contributed by atoms with van der Waals surface area (Å²) in [6.45, 7) is 6.17. The summed E-state index contributed by atoms with van der Waals surface area (Å²) in [6, 6.07) is 5.96. The number of anilines is 1. The van der Waals surface area contributed by atoms with Crippen molar-refractivity contribution in [3.8, 4) is 0 Å². The van der Waals surface area contributed by atoms with Gasteiger partial charge < -0.3 is 5.73 Å². The number of nitrogens with two attached hydrogens (primary N) is 1. The molecule has 0 aliphatic carbocycles. The van der Waals surface area contributed by atoms with E-state index < -0.39 is 0 Å². The first kappa shape index (κ1) is 13.5.